The number of carbonyl (C=O) groups excluding carboxylic acids is 1. The lowest BCUT2D eigenvalue weighted by Gasteiger charge is -2.10. The van der Waals surface area contributed by atoms with E-state index >= 15 is 0 Å². The van der Waals surface area contributed by atoms with E-state index in [0.29, 0.717) is 6.08 Å². The lowest BCUT2D eigenvalue weighted by atomic mass is 10.1. The van der Waals surface area contributed by atoms with Crippen LogP contribution in [0.25, 0.3) is 0 Å². The average molecular weight is 229 g/mol. The lowest BCUT2D eigenvalue weighted by Crippen LogP contribution is -2.24. The molecule has 0 saturated heterocycles. The maximum absolute atomic E-state index is 12.3. The van der Waals surface area contributed by atoms with Crippen LogP contribution < -0.4 is 5.32 Å². The molecule has 0 unspecified atom stereocenters. The molecule has 0 spiro atoms. The van der Waals surface area contributed by atoms with E-state index in [1.54, 1.807) is 18.2 Å². The predicted molar refractivity (Wildman–Crippen MR) is 54.0 cm³/mol. The van der Waals surface area contributed by atoms with Crippen LogP contribution in [-0.2, 0) is 0 Å². The second kappa shape index (κ2) is 4.83. The Bertz CT molecular complexity index is 395. The number of nitrogens with one attached hydrogen (secondary N) is 1. The molecule has 1 rings (SSSR count). The van der Waals surface area contributed by atoms with Gasteiger partial charge in [-0.05, 0) is 0 Å². The van der Waals surface area contributed by atoms with Gasteiger partial charge in [-0.15, -0.1) is 0 Å². The van der Waals surface area contributed by atoms with Gasteiger partial charge < -0.3 is 5.32 Å². The van der Waals surface area contributed by atoms with Gasteiger partial charge >= 0.3 is 6.18 Å². The normalized spacial score (nSPS) is 12.4. The minimum Gasteiger partial charge on any atom is -0.384 e. The fourth-order valence-electron chi connectivity index (χ4n) is 1.11. The van der Waals surface area contributed by atoms with Crippen molar-refractivity contribution in [3.05, 3.63) is 47.7 Å². The Kier molecular flexibility index (Phi) is 3.71. The van der Waals surface area contributed by atoms with Crippen molar-refractivity contribution in [3.8, 4) is 0 Å². The van der Waals surface area contributed by atoms with E-state index in [2.05, 4.69) is 0 Å². The molecule has 5 heteroatoms. The molecule has 1 N–H and O–H groups in total. The predicted octanol–water partition coefficient (Wildman–Crippen LogP) is 2.53. The highest BCUT2D eigenvalue weighted by atomic mass is 19.4. The molecular weight excluding hydrogens is 219 g/mol. The molecule has 0 amide bonds. The summed E-state index contributed by atoms with van der Waals surface area (Å²) in [4.78, 5) is 11.4. The lowest BCUT2D eigenvalue weighted by molar-refractivity contribution is -0.0960. The molecule has 16 heavy (non-hydrogen) atoms. The SMILES string of the molecule is CN/C(=C\C(=O)c1ccccc1)C(F)(F)F. The number of ketones is 1. The van der Waals surface area contributed by atoms with Crippen molar-refractivity contribution < 1.29 is 18.0 Å². The van der Waals surface area contributed by atoms with Crippen molar-refractivity contribution in [2.75, 3.05) is 7.05 Å². The summed E-state index contributed by atoms with van der Waals surface area (Å²) in [6, 6.07) is 7.79. The van der Waals surface area contributed by atoms with Gasteiger partial charge in [-0.3, -0.25) is 4.79 Å². The summed E-state index contributed by atoms with van der Waals surface area (Å²) in [6.45, 7) is 0. The van der Waals surface area contributed by atoms with Crippen LogP contribution in [0.5, 0.6) is 0 Å². The van der Waals surface area contributed by atoms with Crippen molar-refractivity contribution in [2.45, 2.75) is 6.18 Å². The topological polar surface area (TPSA) is 29.1 Å². The zero-order chi connectivity index (χ0) is 12.2. The van der Waals surface area contributed by atoms with Gasteiger partial charge in [0, 0.05) is 18.7 Å². The monoisotopic (exact) mass is 229 g/mol. The average Bonchev–Trinajstić information content (AvgIpc) is 2.25. The Morgan fingerprint density at radius 1 is 1.25 bits per heavy atom. The van der Waals surface area contributed by atoms with Gasteiger partial charge in [-0.25, -0.2) is 0 Å². The Morgan fingerprint density at radius 2 is 1.81 bits per heavy atom. The van der Waals surface area contributed by atoms with E-state index in [1.807, 2.05) is 5.32 Å². The van der Waals surface area contributed by atoms with Gasteiger partial charge in [-0.1, -0.05) is 30.3 Å². The first-order valence-corrected chi connectivity index (χ1v) is 4.51. The van der Waals surface area contributed by atoms with Crippen molar-refractivity contribution in [2.24, 2.45) is 0 Å². The second-order valence-corrected chi connectivity index (χ2v) is 3.04. The molecule has 0 fully saturated rings. The van der Waals surface area contributed by atoms with Crippen LogP contribution in [0.4, 0.5) is 13.2 Å². The molecule has 0 heterocycles. The third-order valence-electron chi connectivity index (χ3n) is 1.91. The molecule has 86 valence electrons. The summed E-state index contributed by atoms with van der Waals surface area (Å²) in [6.07, 6.45) is -3.99. The summed E-state index contributed by atoms with van der Waals surface area (Å²) in [5.74, 6) is -0.678. The number of rotatable bonds is 3. The zero-order valence-corrected chi connectivity index (χ0v) is 8.51. The van der Waals surface area contributed by atoms with Gasteiger partial charge in [0.25, 0.3) is 0 Å². The van der Waals surface area contributed by atoms with Gasteiger partial charge in [0.15, 0.2) is 5.78 Å². The van der Waals surface area contributed by atoms with E-state index in [9.17, 15) is 18.0 Å². The molecule has 0 aliphatic carbocycles. The molecule has 0 aliphatic heterocycles. The molecule has 0 aliphatic rings. The van der Waals surface area contributed by atoms with Crippen LogP contribution in [0, 0.1) is 0 Å². The third-order valence-corrected chi connectivity index (χ3v) is 1.91. The Balaban J connectivity index is 2.96. The molecule has 0 bridgehead atoms. The molecule has 1 aromatic rings. The zero-order valence-electron chi connectivity index (χ0n) is 8.51. The van der Waals surface area contributed by atoms with Crippen molar-refractivity contribution in [1.82, 2.24) is 5.32 Å². The Labute approximate surface area is 90.8 Å². The highest BCUT2D eigenvalue weighted by molar-refractivity contribution is 6.04. The van der Waals surface area contributed by atoms with Gasteiger partial charge in [0.05, 0.1) is 0 Å². The van der Waals surface area contributed by atoms with Gasteiger partial charge in [-0.2, -0.15) is 13.2 Å². The minimum atomic E-state index is -4.54. The van der Waals surface area contributed by atoms with Crippen molar-refractivity contribution >= 4 is 5.78 Å². The van der Waals surface area contributed by atoms with E-state index in [1.165, 1.54) is 12.1 Å². The van der Waals surface area contributed by atoms with Crippen LogP contribution in [0.3, 0.4) is 0 Å². The smallest absolute Gasteiger partial charge is 0.384 e. The number of carbonyl (C=O) groups is 1. The van der Waals surface area contributed by atoms with Gasteiger partial charge in [0.2, 0.25) is 0 Å². The van der Waals surface area contributed by atoms with Crippen LogP contribution in [0.2, 0.25) is 0 Å². The molecule has 2 nitrogen and oxygen atoms in total. The number of hydrogen-bond acceptors (Lipinski definition) is 2. The molecular formula is C11H10F3NO. The molecule has 0 radical (unpaired) electrons. The Hall–Kier alpha value is -1.78. The highest BCUT2D eigenvalue weighted by Crippen LogP contribution is 2.23. The summed E-state index contributed by atoms with van der Waals surface area (Å²) in [5.41, 5.74) is -0.833. The van der Waals surface area contributed by atoms with Gasteiger partial charge in [0.1, 0.15) is 5.70 Å². The molecule has 0 atom stereocenters. The quantitative estimate of drug-likeness (QED) is 0.637. The number of benzene rings is 1. The fourth-order valence-corrected chi connectivity index (χ4v) is 1.11. The van der Waals surface area contributed by atoms with Crippen LogP contribution in [-0.4, -0.2) is 19.0 Å². The molecule has 0 aromatic heterocycles. The van der Waals surface area contributed by atoms with Crippen LogP contribution in [0.1, 0.15) is 10.4 Å². The minimum absolute atomic E-state index is 0.222. The summed E-state index contributed by atoms with van der Waals surface area (Å²) in [7, 11) is 1.12. The second-order valence-electron chi connectivity index (χ2n) is 3.04. The summed E-state index contributed by atoms with van der Waals surface area (Å²) < 4.78 is 36.9. The van der Waals surface area contributed by atoms with E-state index < -0.39 is 17.7 Å². The Morgan fingerprint density at radius 3 is 2.25 bits per heavy atom. The first-order chi connectivity index (χ1) is 7.45. The molecule has 1 aromatic carbocycles. The largest absolute Gasteiger partial charge is 0.431 e. The maximum Gasteiger partial charge on any atom is 0.431 e. The standard InChI is InChI=1S/C11H10F3NO/c1-15-10(11(12,13)14)7-9(16)8-5-3-2-4-6-8/h2-7,15H,1H3/b10-7-. The number of allylic oxidation sites excluding steroid dienone is 2. The fraction of sp³-hybridized carbons (Fsp3) is 0.182. The van der Waals surface area contributed by atoms with Crippen molar-refractivity contribution in [1.29, 1.82) is 0 Å². The summed E-state index contributed by atoms with van der Waals surface area (Å²) in [5, 5.41) is 1.96. The van der Waals surface area contributed by atoms with Crippen LogP contribution >= 0.6 is 0 Å². The van der Waals surface area contributed by atoms with E-state index in [0.717, 1.165) is 7.05 Å². The first kappa shape index (κ1) is 12.3. The number of hydrogen-bond donors (Lipinski definition) is 1. The van der Waals surface area contributed by atoms with Crippen molar-refractivity contribution in [3.63, 3.8) is 0 Å². The third kappa shape index (κ3) is 3.12. The van der Waals surface area contributed by atoms with E-state index in [4.69, 9.17) is 0 Å². The van der Waals surface area contributed by atoms with E-state index in [-0.39, 0.29) is 5.56 Å². The number of halogens is 3. The molecule has 0 saturated carbocycles. The van der Waals surface area contributed by atoms with Crippen LogP contribution in [0.15, 0.2) is 42.1 Å². The summed E-state index contributed by atoms with van der Waals surface area (Å²) >= 11 is 0. The first-order valence-electron chi connectivity index (χ1n) is 4.51. The highest BCUT2D eigenvalue weighted by Gasteiger charge is 2.33. The maximum atomic E-state index is 12.3. The number of alkyl halides is 3.